The van der Waals surface area contributed by atoms with Crippen molar-refractivity contribution >= 4 is 0 Å². The van der Waals surface area contributed by atoms with Gasteiger partial charge in [0, 0.05) is 0 Å². The molecule has 0 aliphatic heterocycles. The fourth-order valence-corrected chi connectivity index (χ4v) is 1.03. The Morgan fingerprint density at radius 1 is 0.944 bits per heavy atom. The Labute approximate surface area is 98.1 Å². The number of unbranched alkanes of at least 4 members (excludes halogenated alkanes) is 2. The maximum atomic E-state index is 12.9. The van der Waals surface area contributed by atoms with Gasteiger partial charge in [-0.05, 0) is 6.42 Å². The van der Waals surface area contributed by atoms with Crippen LogP contribution in [0.15, 0.2) is 0 Å². The summed E-state index contributed by atoms with van der Waals surface area (Å²) in [4.78, 5) is 0. The molecule has 0 saturated heterocycles. The molecule has 0 aromatic rings. The van der Waals surface area contributed by atoms with Crippen molar-refractivity contribution < 1.29 is 39.9 Å². The van der Waals surface area contributed by atoms with Crippen molar-refractivity contribution in [1.82, 2.24) is 0 Å². The van der Waals surface area contributed by atoms with E-state index in [1.165, 1.54) is 0 Å². The van der Waals surface area contributed by atoms with Gasteiger partial charge in [-0.15, -0.1) is 0 Å². The van der Waals surface area contributed by atoms with E-state index >= 15 is 0 Å². The average molecular weight is 287 g/mol. The molecule has 0 N–H and O–H groups in total. The third kappa shape index (κ3) is 3.46. The standard InChI is InChI=1S/C9H11F8O/c1-2-3-4-5-18-9(16,17)7(12,6(10)11)8(13,14)15/h2-5H2,1H3. The molecule has 9 heteroatoms. The zero-order valence-corrected chi connectivity index (χ0v) is 9.26. The molecule has 0 bridgehead atoms. The predicted molar refractivity (Wildman–Crippen MR) is 45.8 cm³/mol. The molecule has 1 atom stereocenters. The highest BCUT2D eigenvalue weighted by Gasteiger charge is 2.79. The first kappa shape index (κ1) is 17.4. The molecule has 1 unspecified atom stereocenters. The van der Waals surface area contributed by atoms with E-state index in [1.807, 2.05) is 0 Å². The lowest BCUT2D eigenvalue weighted by Crippen LogP contribution is -2.58. The molecule has 0 spiro atoms. The van der Waals surface area contributed by atoms with Gasteiger partial charge in [-0.2, -0.15) is 30.7 Å². The molecular weight excluding hydrogens is 276 g/mol. The maximum absolute atomic E-state index is 12.9. The minimum absolute atomic E-state index is 0.0894. The Hall–Kier alpha value is -0.600. The van der Waals surface area contributed by atoms with Gasteiger partial charge in [0.25, 0.3) is 0 Å². The summed E-state index contributed by atoms with van der Waals surface area (Å²) in [5.74, 6) is 0. The summed E-state index contributed by atoms with van der Waals surface area (Å²) in [5, 5.41) is 0. The summed E-state index contributed by atoms with van der Waals surface area (Å²) in [7, 11) is 0. The Morgan fingerprint density at radius 3 is 1.78 bits per heavy atom. The topological polar surface area (TPSA) is 9.23 Å². The second kappa shape index (κ2) is 6.03. The number of hydrogen-bond acceptors (Lipinski definition) is 1. The van der Waals surface area contributed by atoms with E-state index < -0.39 is 31.0 Å². The lowest BCUT2D eigenvalue weighted by Gasteiger charge is -2.32. The van der Waals surface area contributed by atoms with Gasteiger partial charge in [-0.1, -0.05) is 19.8 Å². The minimum Gasteiger partial charge on any atom is -0.317 e. The molecule has 0 saturated carbocycles. The Balaban J connectivity index is 4.89. The summed E-state index contributed by atoms with van der Waals surface area (Å²) < 4.78 is 102. The molecule has 1 nitrogen and oxygen atoms in total. The van der Waals surface area contributed by atoms with Crippen LogP contribution in [0.25, 0.3) is 0 Å². The van der Waals surface area contributed by atoms with E-state index in [0.29, 0.717) is 12.8 Å². The van der Waals surface area contributed by atoms with Crippen molar-refractivity contribution in [1.29, 1.82) is 0 Å². The van der Waals surface area contributed by atoms with Crippen molar-refractivity contribution in [2.24, 2.45) is 0 Å². The molecule has 0 rings (SSSR count). The van der Waals surface area contributed by atoms with Crippen molar-refractivity contribution in [3.8, 4) is 0 Å². The van der Waals surface area contributed by atoms with E-state index in [9.17, 15) is 35.1 Å². The fourth-order valence-electron chi connectivity index (χ4n) is 1.03. The second-order valence-corrected chi connectivity index (χ2v) is 3.49. The van der Waals surface area contributed by atoms with E-state index in [-0.39, 0.29) is 6.42 Å². The molecule has 0 fully saturated rings. The first-order valence-electron chi connectivity index (χ1n) is 4.96. The summed E-state index contributed by atoms with van der Waals surface area (Å²) >= 11 is 0. The van der Waals surface area contributed by atoms with Crippen LogP contribution in [-0.2, 0) is 4.74 Å². The normalized spacial score (nSPS) is 17.0. The Kier molecular flexibility index (Phi) is 5.83. The van der Waals surface area contributed by atoms with Crippen molar-refractivity contribution in [3.63, 3.8) is 0 Å². The van der Waals surface area contributed by atoms with Crippen LogP contribution in [0.1, 0.15) is 26.2 Å². The van der Waals surface area contributed by atoms with Gasteiger partial charge in [0.05, 0.1) is 6.61 Å². The van der Waals surface area contributed by atoms with Gasteiger partial charge in [0.15, 0.2) is 0 Å². The van der Waals surface area contributed by atoms with Gasteiger partial charge < -0.3 is 4.74 Å². The second-order valence-electron chi connectivity index (χ2n) is 3.49. The molecule has 1 radical (unpaired) electrons. The Morgan fingerprint density at radius 2 is 1.44 bits per heavy atom. The fraction of sp³-hybridized carbons (Fsp3) is 0.889. The maximum Gasteiger partial charge on any atom is 0.437 e. The van der Waals surface area contributed by atoms with Crippen LogP contribution in [0, 0.1) is 6.43 Å². The number of rotatable bonds is 7. The SMILES string of the molecule is CCCCCOC(F)(F)C(F)([C](F)F)C(F)(F)F. The smallest absolute Gasteiger partial charge is 0.317 e. The summed E-state index contributed by atoms with van der Waals surface area (Å²) in [6.07, 6.45) is -15.4. The highest BCUT2D eigenvalue weighted by atomic mass is 19.4. The molecule has 0 amide bonds. The van der Waals surface area contributed by atoms with Crippen LogP contribution in [0.2, 0.25) is 0 Å². The molecule has 0 aliphatic carbocycles. The van der Waals surface area contributed by atoms with E-state index in [2.05, 4.69) is 4.74 Å². The third-order valence-corrected chi connectivity index (χ3v) is 2.08. The summed E-state index contributed by atoms with van der Waals surface area (Å²) in [6.45, 7) is 0.720. The van der Waals surface area contributed by atoms with Gasteiger partial charge in [-0.25, -0.2) is 4.39 Å². The quantitative estimate of drug-likeness (QED) is 0.495. The molecule has 18 heavy (non-hydrogen) atoms. The van der Waals surface area contributed by atoms with Crippen LogP contribution in [0.4, 0.5) is 35.1 Å². The van der Waals surface area contributed by atoms with Crippen molar-refractivity contribution in [3.05, 3.63) is 6.43 Å². The van der Waals surface area contributed by atoms with Crippen LogP contribution < -0.4 is 0 Å². The molecular formula is C9H11F8O. The van der Waals surface area contributed by atoms with Gasteiger partial charge in [0.1, 0.15) is 0 Å². The third-order valence-electron chi connectivity index (χ3n) is 2.08. The zero-order chi connectivity index (χ0) is 14.6. The molecule has 109 valence electrons. The lowest BCUT2D eigenvalue weighted by molar-refractivity contribution is -0.389. The minimum atomic E-state index is -6.47. The number of hydrogen-bond donors (Lipinski definition) is 0. The predicted octanol–water partition coefficient (Wildman–Crippen LogP) is 4.49. The van der Waals surface area contributed by atoms with E-state index in [4.69, 9.17) is 0 Å². The summed E-state index contributed by atoms with van der Waals surface area (Å²) in [5.41, 5.74) is -6.09. The largest absolute Gasteiger partial charge is 0.437 e. The van der Waals surface area contributed by atoms with Crippen molar-refractivity contribution in [2.75, 3.05) is 6.61 Å². The highest BCUT2D eigenvalue weighted by molar-refractivity contribution is 5.06. The van der Waals surface area contributed by atoms with E-state index in [1.54, 1.807) is 6.92 Å². The number of halogens is 8. The number of alkyl halides is 6. The first-order chi connectivity index (χ1) is 8.00. The zero-order valence-electron chi connectivity index (χ0n) is 9.26. The molecule has 0 aliphatic rings. The van der Waals surface area contributed by atoms with Crippen LogP contribution in [-0.4, -0.2) is 24.6 Å². The highest BCUT2D eigenvalue weighted by Crippen LogP contribution is 2.52. The molecule has 0 aromatic carbocycles. The van der Waals surface area contributed by atoms with Gasteiger partial charge in [0.2, 0.25) is 0 Å². The van der Waals surface area contributed by atoms with Gasteiger partial charge >= 0.3 is 24.4 Å². The van der Waals surface area contributed by atoms with Gasteiger partial charge in [-0.3, -0.25) is 0 Å². The average Bonchev–Trinajstić information content (AvgIpc) is 2.21. The molecule has 0 aromatic heterocycles. The summed E-state index contributed by atoms with van der Waals surface area (Å²) in [6, 6.07) is 0. The molecule has 0 heterocycles. The first-order valence-corrected chi connectivity index (χ1v) is 4.96. The van der Waals surface area contributed by atoms with Crippen molar-refractivity contribution in [2.45, 2.75) is 44.1 Å². The monoisotopic (exact) mass is 287 g/mol. The van der Waals surface area contributed by atoms with E-state index in [0.717, 1.165) is 0 Å². The Bertz CT molecular complexity index is 251. The van der Waals surface area contributed by atoms with Crippen LogP contribution in [0.5, 0.6) is 0 Å². The number of ether oxygens (including phenoxy) is 1. The van der Waals surface area contributed by atoms with Crippen LogP contribution >= 0.6 is 0 Å². The van der Waals surface area contributed by atoms with Crippen LogP contribution in [0.3, 0.4) is 0 Å². The lowest BCUT2D eigenvalue weighted by atomic mass is 10.1.